The molecule has 2 N–H and O–H groups in total. The highest BCUT2D eigenvalue weighted by Gasteiger charge is 2.50. The first-order valence-corrected chi connectivity index (χ1v) is 9.05. The molecule has 3 aliphatic rings. The van der Waals surface area contributed by atoms with E-state index in [1.54, 1.807) is 13.3 Å². The van der Waals surface area contributed by atoms with Crippen molar-refractivity contribution < 1.29 is 19.1 Å². The summed E-state index contributed by atoms with van der Waals surface area (Å²) in [5.41, 5.74) is 0.791. The molecule has 1 amide bonds. The minimum absolute atomic E-state index is 0.0242. The topological polar surface area (TPSA) is 94.1 Å². The highest BCUT2D eigenvalue weighted by molar-refractivity contribution is 6.39. The van der Waals surface area contributed by atoms with Crippen LogP contribution >= 0.6 is 0 Å². The van der Waals surface area contributed by atoms with Crippen LogP contribution in [0, 0.1) is 0 Å². The van der Waals surface area contributed by atoms with Gasteiger partial charge in [0.25, 0.3) is 5.91 Å². The molecule has 140 valence electrons. The molecule has 1 aromatic heterocycles. The maximum atomic E-state index is 12.3. The second-order valence-electron chi connectivity index (χ2n) is 7.07. The van der Waals surface area contributed by atoms with Crippen LogP contribution in [0.25, 0.3) is 0 Å². The summed E-state index contributed by atoms with van der Waals surface area (Å²) in [5, 5.41) is 10.6. The first-order chi connectivity index (χ1) is 12.7. The molecule has 3 heterocycles. The molecule has 26 heavy (non-hydrogen) atoms. The number of nitrogens with zero attached hydrogens (tertiary/aromatic N) is 2. The normalized spacial score (nSPS) is 27.7. The average Bonchev–Trinajstić information content (AvgIpc) is 3.39. The standard InChI is InChI=1S/C18H24N4O4/c1-24-17-12(3-2-7-19-17)10-20-15-6-8-25-11-18(15)9-14(22-26-18)16(23)21-13-4-5-13/h2-3,7,13,15,20H,4-6,8-11H2,1H3,(H,21,23)/t15-,18-/m0/s1. The van der Waals surface area contributed by atoms with E-state index in [4.69, 9.17) is 14.3 Å². The van der Waals surface area contributed by atoms with Gasteiger partial charge in [-0.1, -0.05) is 11.2 Å². The molecule has 2 fully saturated rings. The van der Waals surface area contributed by atoms with E-state index < -0.39 is 5.60 Å². The minimum Gasteiger partial charge on any atom is -0.481 e. The summed E-state index contributed by atoms with van der Waals surface area (Å²) >= 11 is 0. The first-order valence-electron chi connectivity index (χ1n) is 9.05. The van der Waals surface area contributed by atoms with Gasteiger partial charge in [-0.15, -0.1) is 0 Å². The Morgan fingerprint density at radius 1 is 1.42 bits per heavy atom. The second-order valence-corrected chi connectivity index (χ2v) is 7.07. The van der Waals surface area contributed by atoms with Crippen molar-refractivity contribution in [3.8, 4) is 5.88 Å². The summed E-state index contributed by atoms with van der Waals surface area (Å²) in [6.45, 7) is 1.66. The van der Waals surface area contributed by atoms with Crippen molar-refractivity contribution in [2.75, 3.05) is 20.3 Å². The summed E-state index contributed by atoms with van der Waals surface area (Å²) in [7, 11) is 1.61. The molecule has 2 aliphatic heterocycles. The highest BCUT2D eigenvalue weighted by Crippen LogP contribution is 2.33. The molecular weight excluding hydrogens is 336 g/mol. The Labute approximate surface area is 152 Å². The van der Waals surface area contributed by atoms with Crippen LogP contribution in [-0.4, -0.2) is 54.6 Å². The third kappa shape index (κ3) is 3.52. The van der Waals surface area contributed by atoms with Gasteiger partial charge in [0.15, 0.2) is 5.60 Å². The molecule has 2 atom stereocenters. The molecule has 1 saturated carbocycles. The number of hydrogen-bond donors (Lipinski definition) is 2. The van der Waals surface area contributed by atoms with E-state index in [2.05, 4.69) is 20.8 Å². The fourth-order valence-corrected chi connectivity index (χ4v) is 3.45. The van der Waals surface area contributed by atoms with Crippen LogP contribution in [0.5, 0.6) is 5.88 Å². The van der Waals surface area contributed by atoms with Crippen LogP contribution in [0.3, 0.4) is 0 Å². The number of carbonyl (C=O) groups excluding carboxylic acids is 1. The highest BCUT2D eigenvalue weighted by atomic mass is 16.7. The third-order valence-electron chi connectivity index (χ3n) is 5.09. The molecular formula is C18H24N4O4. The van der Waals surface area contributed by atoms with Crippen molar-refractivity contribution in [1.82, 2.24) is 15.6 Å². The number of ether oxygens (including phenoxy) is 2. The lowest BCUT2D eigenvalue weighted by molar-refractivity contribution is -0.131. The van der Waals surface area contributed by atoms with Gasteiger partial charge in [-0.3, -0.25) is 4.79 Å². The van der Waals surface area contributed by atoms with E-state index in [0.717, 1.165) is 24.8 Å². The maximum absolute atomic E-state index is 12.3. The Morgan fingerprint density at radius 3 is 3.12 bits per heavy atom. The lowest BCUT2D eigenvalue weighted by Gasteiger charge is -2.39. The van der Waals surface area contributed by atoms with Gasteiger partial charge >= 0.3 is 0 Å². The van der Waals surface area contributed by atoms with E-state index in [9.17, 15) is 4.79 Å². The monoisotopic (exact) mass is 360 g/mol. The van der Waals surface area contributed by atoms with Gasteiger partial charge in [-0.05, 0) is 25.3 Å². The number of carbonyl (C=O) groups is 1. The molecule has 1 spiro atoms. The Morgan fingerprint density at radius 2 is 2.31 bits per heavy atom. The number of aromatic nitrogens is 1. The number of rotatable bonds is 6. The van der Waals surface area contributed by atoms with Crippen LogP contribution in [0.4, 0.5) is 0 Å². The van der Waals surface area contributed by atoms with Crippen LogP contribution in [-0.2, 0) is 20.9 Å². The Hall–Kier alpha value is -2.19. The van der Waals surface area contributed by atoms with Crippen molar-refractivity contribution in [1.29, 1.82) is 0 Å². The predicted molar refractivity (Wildman–Crippen MR) is 93.9 cm³/mol. The zero-order valence-corrected chi connectivity index (χ0v) is 14.9. The summed E-state index contributed by atoms with van der Waals surface area (Å²) in [4.78, 5) is 22.3. The maximum Gasteiger partial charge on any atom is 0.269 e. The van der Waals surface area contributed by atoms with Gasteiger partial charge in [-0.2, -0.15) is 0 Å². The number of oxime groups is 1. The summed E-state index contributed by atoms with van der Waals surface area (Å²) in [6, 6.07) is 4.19. The Bertz CT molecular complexity index is 706. The molecule has 1 aliphatic carbocycles. The van der Waals surface area contributed by atoms with Gasteiger partial charge in [0.2, 0.25) is 5.88 Å². The fourth-order valence-electron chi connectivity index (χ4n) is 3.45. The summed E-state index contributed by atoms with van der Waals surface area (Å²) in [5.74, 6) is 0.483. The molecule has 1 saturated heterocycles. The van der Waals surface area contributed by atoms with Crippen molar-refractivity contribution in [3.05, 3.63) is 23.9 Å². The van der Waals surface area contributed by atoms with Crippen LogP contribution in [0.2, 0.25) is 0 Å². The van der Waals surface area contributed by atoms with E-state index in [-0.39, 0.29) is 11.9 Å². The van der Waals surface area contributed by atoms with Crippen LogP contribution < -0.4 is 15.4 Å². The lowest BCUT2D eigenvalue weighted by atomic mass is 9.86. The Balaban J connectivity index is 1.41. The van der Waals surface area contributed by atoms with E-state index in [1.165, 1.54) is 0 Å². The number of methoxy groups -OCH3 is 1. The Kier molecular flexibility index (Phi) is 4.78. The molecule has 1 aromatic rings. The molecule has 8 heteroatoms. The predicted octanol–water partition coefficient (Wildman–Crippen LogP) is 0.762. The summed E-state index contributed by atoms with van der Waals surface area (Å²) in [6.07, 6.45) is 5.04. The second kappa shape index (κ2) is 7.20. The first kappa shape index (κ1) is 17.2. The van der Waals surface area contributed by atoms with Gasteiger partial charge in [0, 0.05) is 37.4 Å². The quantitative estimate of drug-likeness (QED) is 0.778. The van der Waals surface area contributed by atoms with E-state index in [1.807, 2.05) is 12.1 Å². The van der Waals surface area contributed by atoms with Crippen molar-refractivity contribution in [2.45, 2.75) is 49.9 Å². The van der Waals surface area contributed by atoms with Crippen LogP contribution in [0.1, 0.15) is 31.2 Å². The SMILES string of the molecule is COc1ncccc1CN[C@H]1CCOC[C@@]12CC(C(=O)NC1CC1)=NO2. The summed E-state index contributed by atoms with van der Waals surface area (Å²) < 4.78 is 11.0. The molecule has 4 rings (SSSR count). The van der Waals surface area contributed by atoms with Gasteiger partial charge in [0.05, 0.1) is 19.8 Å². The third-order valence-corrected chi connectivity index (χ3v) is 5.09. The smallest absolute Gasteiger partial charge is 0.269 e. The zero-order valence-electron chi connectivity index (χ0n) is 14.9. The fraction of sp³-hybridized carbons (Fsp3) is 0.611. The number of amides is 1. The molecule has 8 nitrogen and oxygen atoms in total. The minimum atomic E-state index is -0.635. The van der Waals surface area contributed by atoms with Crippen molar-refractivity contribution >= 4 is 11.6 Å². The number of hydrogen-bond acceptors (Lipinski definition) is 7. The lowest BCUT2D eigenvalue weighted by Crippen LogP contribution is -2.57. The molecule has 0 bridgehead atoms. The van der Waals surface area contributed by atoms with Gasteiger partial charge in [-0.25, -0.2) is 4.98 Å². The molecule has 0 radical (unpaired) electrons. The van der Waals surface area contributed by atoms with Crippen LogP contribution in [0.15, 0.2) is 23.5 Å². The number of nitrogens with one attached hydrogen (secondary N) is 2. The number of pyridine rings is 1. The van der Waals surface area contributed by atoms with Crippen molar-refractivity contribution in [3.63, 3.8) is 0 Å². The van der Waals surface area contributed by atoms with Gasteiger partial charge in [0.1, 0.15) is 5.71 Å². The largest absolute Gasteiger partial charge is 0.481 e. The average molecular weight is 360 g/mol. The molecule has 0 aromatic carbocycles. The van der Waals surface area contributed by atoms with Gasteiger partial charge < -0.3 is 24.9 Å². The zero-order chi connectivity index (χ0) is 18.0. The van der Waals surface area contributed by atoms with E-state index >= 15 is 0 Å². The van der Waals surface area contributed by atoms with E-state index in [0.29, 0.717) is 43.8 Å². The molecule has 0 unspecified atom stereocenters. The van der Waals surface area contributed by atoms with Crippen molar-refractivity contribution in [2.24, 2.45) is 5.16 Å².